The number of aliphatic hydroxyl groups is 1. The number of benzene rings is 3. The zero-order chi connectivity index (χ0) is 18.9. The van der Waals surface area contributed by atoms with E-state index in [2.05, 4.69) is 5.32 Å². The van der Waals surface area contributed by atoms with E-state index in [9.17, 15) is 9.90 Å². The number of ether oxygens (including phenoxy) is 2. The molecular weight excluding hydrogens is 342 g/mol. The molecule has 0 aromatic heterocycles. The molecule has 1 amide bonds. The van der Waals surface area contributed by atoms with Gasteiger partial charge in [-0.2, -0.15) is 0 Å². The maximum atomic E-state index is 12.5. The Morgan fingerprint density at radius 1 is 1.07 bits per heavy atom. The number of nitrogens with one attached hydrogen (secondary N) is 1. The number of carbonyl (C=O) groups is 1. The first kappa shape index (κ1) is 17.4. The first-order valence-electron chi connectivity index (χ1n) is 8.89. The second-order valence-electron chi connectivity index (χ2n) is 6.93. The smallest absolute Gasteiger partial charge is 0.231 e. The van der Waals surface area contributed by atoms with E-state index in [1.165, 1.54) is 0 Å². The standard InChI is InChI=1S/C22H21NO4/c1-22(25,17-9-10-19-20(12-17)27-14-26-19)13-23-21(24)11-16-7-4-6-15-5-2-3-8-18(15)16/h2-10,12,25H,11,13-14H2,1H3,(H,23,24). The van der Waals surface area contributed by atoms with Gasteiger partial charge < -0.3 is 19.9 Å². The van der Waals surface area contributed by atoms with Gasteiger partial charge in [0.1, 0.15) is 5.60 Å². The Bertz CT molecular complexity index is 991. The van der Waals surface area contributed by atoms with E-state index in [-0.39, 0.29) is 25.7 Å². The first-order valence-corrected chi connectivity index (χ1v) is 8.89. The molecule has 27 heavy (non-hydrogen) atoms. The highest BCUT2D eigenvalue weighted by Crippen LogP contribution is 2.35. The molecule has 3 aromatic carbocycles. The number of amides is 1. The Balaban J connectivity index is 1.44. The molecule has 1 heterocycles. The zero-order valence-electron chi connectivity index (χ0n) is 15.1. The molecule has 1 unspecified atom stereocenters. The Hall–Kier alpha value is -3.05. The van der Waals surface area contributed by atoms with Gasteiger partial charge in [0, 0.05) is 0 Å². The van der Waals surface area contributed by atoms with E-state index >= 15 is 0 Å². The third-order valence-electron chi connectivity index (χ3n) is 4.86. The molecule has 3 aromatic rings. The van der Waals surface area contributed by atoms with Gasteiger partial charge in [0.25, 0.3) is 0 Å². The average Bonchev–Trinajstić information content (AvgIpc) is 3.15. The maximum absolute atomic E-state index is 12.5. The van der Waals surface area contributed by atoms with Gasteiger partial charge in [-0.15, -0.1) is 0 Å². The van der Waals surface area contributed by atoms with Crippen molar-refractivity contribution >= 4 is 16.7 Å². The molecule has 0 saturated carbocycles. The van der Waals surface area contributed by atoms with Crippen LogP contribution < -0.4 is 14.8 Å². The molecule has 0 aliphatic carbocycles. The monoisotopic (exact) mass is 363 g/mol. The van der Waals surface area contributed by atoms with Gasteiger partial charge in [-0.05, 0) is 41.0 Å². The van der Waals surface area contributed by atoms with Gasteiger partial charge in [0.2, 0.25) is 12.7 Å². The van der Waals surface area contributed by atoms with Crippen LogP contribution in [0.1, 0.15) is 18.1 Å². The molecule has 1 atom stereocenters. The van der Waals surface area contributed by atoms with Crippen LogP contribution in [0.2, 0.25) is 0 Å². The Labute approximate surface area is 157 Å². The van der Waals surface area contributed by atoms with E-state index in [4.69, 9.17) is 9.47 Å². The summed E-state index contributed by atoms with van der Waals surface area (Å²) in [7, 11) is 0. The van der Waals surface area contributed by atoms with Crippen LogP contribution in [0.5, 0.6) is 11.5 Å². The SMILES string of the molecule is CC(O)(CNC(=O)Cc1cccc2ccccc12)c1ccc2c(c1)OCO2. The second-order valence-corrected chi connectivity index (χ2v) is 6.93. The number of hydrogen-bond acceptors (Lipinski definition) is 4. The lowest BCUT2D eigenvalue weighted by atomic mass is 9.95. The van der Waals surface area contributed by atoms with Crippen LogP contribution in [0, 0.1) is 0 Å². The highest BCUT2D eigenvalue weighted by molar-refractivity contribution is 5.90. The normalized spacial score (nSPS) is 14.7. The Morgan fingerprint density at radius 2 is 1.85 bits per heavy atom. The average molecular weight is 363 g/mol. The molecule has 1 aliphatic heterocycles. The molecule has 5 heteroatoms. The molecule has 0 spiro atoms. The number of hydrogen-bond donors (Lipinski definition) is 2. The molecule has 5 nitrogen and oxygen atoms in total. The van der Waals surface area contributed by atoms with Crippen LogP contribution in [-0.2, 0) is 16.8 Å². The third-order valence-corrected chi connectivity index (χ3v) is 4.86. The quantitative estimate of drug-likeness (QED) is 0.731. The molecule has 4 rings (SSSR count). The molecule has 0 bridgehead atoms. The summed E-state index contributed by atoms with van der Waals surface area (Å²) in [6.07, 6.45) is 0.262. The second kappa shape index (κ2) is 6.93. The minimum Gasteiger partial charge on any atom is -0.454 e. The van der Waals surface area contributed by atoms with Crippen molar-refractivity contribution in [2.24, 2.45) is 0 Å². The highest BCUT2D eigenvalue weighted by atomic mass is 16.7. The number of carbonyl (C=O) groups excluding carboxylic acids is 1. The zero-order valence-corrected chi connectivity index (χ0v) is 15.1. The van der Waals surface area contributed by atoms with Crippen molar-refractivity contribution in [2.45, 2.75) is 18.9 Å². The first-order chi connectivity index (χ1) is 13.0. The molecule has 0 saturated heterocycles. The summed E-state index contributed by atoms with van der Waals surface area (Å²) in [4.78, 5) is 12.5. The lowest BCUT2D eigenvalue weighted by molar-refractivity contribution is -0.121. The van der Waals surface area contributed by atoms with Gasteiger partial charge in [0.15, 0.2) is 11.5 Å². The fraction of sp³-hybridized carbons (Fsp3) is 0.227. The molecule has 2 N–H and O–H groups in total. The summed E-state index contributed by atoms with van der Waals surface area (Å²) < 4.78 is 10.7. The predicted molar refractivity (Wildman–Crippen MR) is 103 cm³/mol. The van der Waals surface area contributed by atoms with Crippen molar-refractivity contribution in [3.8, 4) is 11.5 Å². The van der Waals surface area contributed by atoms with Crippen molar-refractivity contribution in [3.63, 3.8) is 0 Å². The van der Waals surface area contributed by atoms with E-state index in [0.717, 1.165) is 16.3 Å². The van der Waals surface area contributed by atoms with Crippen molar-refractivity contribution in [3.05, 3.63) is 71.8 Å². The molecular formula is C22H21NO4. The van der Waals surface area contributed by atoms with Crippen LogP contribution >= 0.6 is 0 Å². The van der Waals surface area contributed by atoms with Crippen LogP contribution in [0.25, 0.3) is 10.8 Å². The van der Waals surface area contributed by atoms with E-state index in [1.807, 2.05) is 42.5 Å². The molecule has 138 valence electrons. The van der Waals surface area contributed by atoms with Crippen LogP contribution in [0.4, 0.5) is 0 Å². The van der Waals surface area contributed by atoms with Gasteiger partial charge in [-0.25, -0.2) is 0 Å². The van der Waals surface area contributed by atoms with Crippen molar-refractivity contribution in [1.29, 1.82) is 0 Å². The summed E-state index contributed by atoms with van der Waals surface area (Å²) >= 11 is 0. The van der Waals surface area contributed by atoms with Crippen molar-refractivity contribution in [1.82, 2.24) is 5.32 Å². The number of fused-ring (bicyclic) bond motifs is 2. The summed E-state index contributed by atoms with van der Waals surface area (Å²) in [6, 6.07) is 19.2. The van der Waals surface area contributed by atoms with Crippen LogP contribution in [0.15, 0.2) is 60.7 Å². The van der Waals surface area contributed by atoms with Crippen LogP contribution in [-0.4, -0.2) is 24.4 Å². The van der Waals surface area contributed by atoms with Crippen LogP contribution in [0.3, 0.4) is 0 Å². The minimum absolute atomic E-state index is 0.107. The fourth-order valence-corrected chi connectivity index (χ4v) is 3.29. The van der Waals surface area contributed by atoms with Gasteiger partial charge in [-0.1, -0.05) is 48.5 Å². The Morgan fingerprint density at radius 3 is 2.74 bits per heavy atom. The highest BCUT2D eigenvalue weighted by Gasteiger charge is 2.26. The fourth-order valence-electron chi connectivity index (χ4n) is 3.29. The molecule has 0 fully saturated rings. The lowest BCUT2D eigenvalue weighted by Crippen LogP contribution is -2.39. The largest absolute Gasteiger partial charge is 0.454 e. The summed E-state index contributed by atoms with van der Waals surface area (Å²) in [5.41, 5.74) is 0.417. The summed E-state index contributed by atoms with van der Waals surface area (Å²) in [5.74, 6) is 1.14. The number of rotatable bonds is 5. The lowest BCUT2D eigenvalue weighted by Gasteiger charge is -2.24. The summed E-state index contributed by atoms with van der Waals surface area (Å²) in [5, 5.41) is 15.8. The van der Waals surface area contributed by atoms with Gasteiger partial charge in [0.05, 0.1) is 13.0 Å². The van der Waals surface area contributed by atoms with E-state index in [0.29, 0.717) is 17.1 Å². The van der Waals surface area contributed by atoms with E-state index < -0.39 is 5.60 Å². The third kappa shape index (κ3) is 3.59. The van der Waals surface area contributed by atoms with Gasteiger partial charge in [-0.3, -0.25) is 4.79 Å². The summed E-state index contributed by atoms with van der Waals surface area (Å²) in [6.45, 7) is 1.96. The van der Waals surface area contributed by atoms with Crippen molar-refractivity contribution < 1.29 is 19.4 Å². The molecule has 1 aliphatic rings. The van der Waals surface area contributed by atoms with Gasteiger partial charge >= 0.3 is 0 Å². The van der Waals surface area contributed by atoms with E-state index in [1.54, 1.807) is 25.1 Å². The Kier molecular flexibility index (Phi) is 4.46. The molecule has 0 radical (unpaired) electrons. The minimum atomic E-state index is -1.21. The maximum Gasteiger partial charge on any atom is 0.231 e. The van der Waals surface area contributed by atoms with Crippen molar-refractivity contribution in [2.75, 3.05) is 13.3 Å². The topological polar surface area (TPSA) is 67.8 Å². The predicted octanol–water partition coefficient (Wildman–Crippen LogP) is 3.13.